The topological polar surface area (TPSA) is 54.4 Å². The Hall–Kier alpha value is -1.78. The van der Waals surface area contributed by atoms with Crippen LogP contribution in [0.3, 0.4) is 0 Å². The van der Waals surface area contributed by atoms with Crippen LogP contribution >= 0.6 is 0 Å². The monoisotopic (exact) mass is 254 g/mol. The molecule has 2 atom stereocenters. The third-order valence-corrected chi connectivity index (χ3v) is 3.34. The van der Waals surface area contributed by atoms with Gasteiger partial charge in [-0.2, -0.15) is 0 Å². The molecule has 1 fully saturated rings. The predicted octanol–water partition coefficient (Wildman–Crippen LogP) is 2.50. The molecule has 0 aromatic heterocycles. The van der Waals surface area contributed by atoms with Crippen molar-refractivity contribution in [2.45, 2.75) is 25.2 Å². The lowest BCUT2D eigenvalue weighted by Gasteiger charge is -2.28. The van der Waals surface area contributed by atoms with E-state index in [1.54, 1.807) is 0 Å². The number of carboxylic acids is 1. The molecule has 0 saturated heterocycles. The van der Waals surface area contributed by atoms with E-state index >= 15 is 0 Å². The van der Waals surface area contributed by atoms with Gasteiger partial charge in [0.05, 0.1) is 5.92 Å². The predicted molar refractivity (Wildman–Crippen MR) is 59.1 cm³/mol. The summed E-state index contributed by atoms with van der Waals surface area (Å²) < 4.78 is 26.8. The first-order valence-corrected chi connectivity index (χ1v) is 5.68. The molecular weight excluding hydrogens is 242 g/mol. The highest BCUT2D eigenvalue weighted by atomic mass is 19.1. The molecule has 1 aromatic rings. The van der Waals surface area contributed by atoms with Gasteiger partial charge in [-0.25, -0.2) is 8.78 Å². The maximum absolute atomic E-state index is 13.6. The minimum Gasteiger partial charge on any atom is -0.481 e. The summed E-state index contributed by atoms with van der Waals surface area (Å²) in [5.74, 6) is -4.09. The van der Waals surface area contributed by atoms with Crippen LogP contribution in [-0.4, -0.2) is 16.9 Å². The zero-order chi connectivity index (χ0) is 13.3. The van der Waals surface area contributed by atoms with Crippen LogP contribution in [0.5, 0.6) is 0 Å². The molecule has 96 valence electrons. The number of carbonyl (C=O) groups excluding carboxylic acids is 1. The van der Waals surface area contributed by atoms with Crippen molar-refractivity contribution in [1.29, 1.82) is 0 Å². The van der Waals surface area contributed by atoms with Gasteiger partial charge in [0, 0.05) is 18.8 Å². The summed E-state index contributed by atoms with van der Waals surface area (Å²) in [5.41, 5.74) is -0.0181. The molecule has 1 N–H and O–H groups in total. The molecule has 0 heterocycles. The van der Waals surface area contributed by atoms with Crippen molar-refractivity contribution in [2.24, 2.45) is 5.92 Å². The average Bonchev–Trinajstić information content (AvgIpc) is 2.31. The zero-order valence-electron chi connectivity index (χ0n) is 9.53. The lowest BCUT2D eigenvalue weighted by atomic mass is 9.75. The number of rotatable bonds is 2. The number of ketones is 1. The van der Waals surface area contributed by atoms with Crippen molar-refractivity contribution in [2.75, 3.05) is 0 Å². The third-order valence-electron chi connectivity index (χ3n) is 3.34. The molecule has 2 rings (SSSR count). The Morgan fingerprint density at radius 2 is 2.06 bits per heavy atom. The lowest BCUT2D eigenvalue weighted by molar-refractivity contribution is -0.144. The molecular formula is C13H12F2O3. The number of hydrogen-bond acceptors (Lipinski definition) is 2. The van der Waals surface area contributed by atoms with E-state index in [2.05, 4.69) is 0 Å². The lowest BCUT2D eigenvalue weighted by Crippen LogP contribution is -2.30. The van der Waals surface area contributed by atoms with Gasteiger partial charge in [0.1, 0.15) is 17.4 Å². The highest BCUT2D eigenvalue weighted by molar-refractivity contribution is 5.83. The fourth-order valence-corrected chi connectivity index (χ4v) is 2.43. The van der Waals surface area contributed by atoms with Crippen LogP contribution in [0.25, 0.3) is 0 Å². The highest BCUT2D eigenvalue weighted by Gasteiger charge is 2.36. The normalized spacial score (nSPS) is 24.0. The number of hydrogen-bond donors (Lipinski definition) is 1. The Balaban J connectivity index is 2.40. The molecule has 3 nitrogen and oxygen atoms in total. The van der Waals surface area contributed by atoms with E-state index in [1.807, 2.05) is 0 Å². The molecule has 0 radical (unpaired) electrons. The van der Waals surface area contributed by atoms with Crippen LogP contribution in [-0.2, 0) is 9.59 Å². The van der Waals surface area contributed by atoms with Crippen LogP contribution < -0.4 is 0 Å². The first kappa shape index (κ1) is 12.7. The van der Waals surface area contributed by atoms with Crippen molar-refractivity contribution in [3.05, 3.63) is 35.4 Å². The largest absolute Gasteiger partial charge is 0.481 e. The minimum absolute atomic E-state index is 0.0181. The Morgan fingerprint density at radius 3 is 2.72 bits per heavy atom. The van der Waals surface area contributed by atoms with E-state index in [0.29, 0.717) is 0 Å². The van der Waals surface area contributed by atoms with Crippen molar-refractivity contribution in [3.63, 3.8) is 0 Å². The summed E-state index contributed by atoms with van der Waals surface area (Å²) in [4.78, 5) is 22.5. The van der Waals surface area contributed by atoms with E-state index in [9.17, 15) is 18.4 Å². The summed E-state index contributed by atoms with van der Waals surface area (Å²) in [6, 6.07) is 2.91. The second-order valence-corrected chi connectivity index (χ2v) is 4.50. The average molecular weight is 254 g/mol. The summed E-state index contributed by atoms with van der Waals surface area (Å²) in [5, 5.41) is 9.09. The minimum atomic E-state index is -1.07. The van der Waals surface area contributed by atoms with Crippen LogP contribution in [0, 0.1) is 17.6 Å². The van der Waals surface area contributed by atoms with Crippen LogP contribution in [0.2, 0.25) is 0 Å². The number of benzene rings is 1. The highest BCUT2D eigenvalue weighted by Crippen LogP contribution is 2.37. The first-order chi connectivity index (χ1) is 8.49. The Labute approximate surface area is 102 Å². The number of halogens is 2. The summed E-state index contributed by atoms with van der Waals surface area (Å²) in [6.45, 7) is 0. The standard InChI is InChI=1S/C13H12F2O3/c14-7-1-4-12(15)11(5-7)10-6-8(16)2-3-9(10)13(17)18/h1,4-5,9-10H,2-3,6H2,(H,17,18). The van der Waals surface area contributed by atoms with E-state index < -0.39 is 29.4 Å². The molecule has 0 spiro atoms. The quantitative estimate of drug-likeness (QED) is 0.882. The first-order valence-electron chi connectivity index (χ1n) is 5.68. The zero-order valence-corrected chi connectivity index (χ0v) is 9.53. The summed E-state index contributed by atoms with van der Waals surface area (Å²) in [6.07, 6.45) is 0.316. The van der Waals surface area contributed by atoms with Crippen molar-refractivity contribution in [3.8, 4) is 0 Å². The van der Waals surface area contributed by atoms with Gasteiger partial charge in [0.2, 0.25) is 0 Å². The summed E-state index contributed by atoms with van der Waals surface area (Å²) >= 11 is 0. The van der Waals surface area contributed by atoms with Crippen molar-refractivity contribution in [1.82, 2.24) is 0 Å². The Kier molecular flexibility index (Phi) is 3.41. The Bertz CT molecular complexity index is 499. The van der Waals surface area contributed by atoms with Crippen LogP contribution in [0.4, 0.5) is 8.78 Å². The molecule has 2 unspecified atom stereocenters. The van der Waals surface area contributed by atoms with Gasteiger partial charge >= 0.3 is 5.97 Å². The Morgan fingerprint density at radius 1 is 1.33 bits per heavy atom. The smallest absolute Gasteiger partial charge is 0.307 e. The molecule has 1 aliphatic carbocycles. The molecule has 0 aliphatic heterocycles. The van der Waals surface area contributed by atoms with E-state index in [-0.39, 0.29) is 30.6 Å². The van der Waals surface area contributed by atoms with Crippen molar-refractivity contribution >= 4 is 11.8 Å². The van der Waals surface area contributed by atoms with Gasteiger partial charge in [-0.1, -0.05) is 0 Å². The molecule has 1 saturated carbocycles. The van der Waals surface area contributed by atoms with Gasteiger partial charge in [0.25, 0.3) is 0 Å². The van der Waals surface area contributed by atoms with E-state index in [4.69, 9.17) is 5.11 Å². The van der Waals surface area contributed by atoms with E-state index in [1.165, 1.54) is 0 Å². The van der Waals surface area contributed by atoms with Crippen LogP contribution in [0.1, 0.15) is 30.7 Å². The van der Waals surface area contributed by atoms with Gasteiger partial charge in [-0.3, -0.25) is 9.59 Å². The number of aliphatic carboxylic acids is 1. The fraction of sp³-hybridized carbons (Fsp3) is 0.385. The second kappa shape index (κ2) is 4.84. The third kappa shape index (κ3) is 2.39. The molecule has 0 bridgehead atoms. The second-order valence-electron chi connectivity index (χ2n) is 4.50. The molecule has 0 amide bonds. The summed E-state index contributed by atoms with van der Waals surface area (Å²) in [7, 11) is 0. The molecule has 5 heteroatoms. The maximum atomic E-state index is 13.6. The molecule has 18 heavy (non-hydrogen) atoms. The van der Waals surface area contributed by atoms with Gasteiger partial charge in [-0.15, -0.1) is 0 Å². The van der Waals surface area contributed by atoms with Crippen molar-refractivity contribution < 1.29 is 23.5 Å². The van der Waals surface area contributed by atoms with Gasteiger partial charge < -0.3 is 5.11 Å². The van der Waals surface area contributed by atoms with E-state index in [0.717, 1.165) is 18.2 Å². The number of carboxylic acid groups (broad SMARTS) is 1. The molecule has 1 aliphatic rings. The fourth-order valence-electron chi connectivity index (χ4n) is 2.43. The van der Waals surface area contributed by atoms with Gasteiger partial charge in [-0.05, 0) is 30.2 Å². The molecule has 1 aromatic carbocycles. The number of carbonyl (C=O) groups is 2. The van der Waals surface area contributed by atoms with Gasteiger partial charge in [0.15, 0.2) is 0 Å². The SMILES string of the molecule is O=C1CCC(C(=O)O)C(c2cc(F)ccc2F)C1. The number of Topliss-reactive ketones (excluding diaryl/α,β-unsaturated/α-hetero) is 1. The van der Waals surface area contributed by atoms with Crippen LogP contribution in [0.15, 0.2) is 18.2 Å². The maximum Gasteiger partial charge on any atom is 0.307 e.